The van der Waals surface area contributed by atoms with Crippen molar-refractivity contribution in [1.29, 1.82) is 0 Å². The summed E-state index contributed by atoms with van der Waals surface area (Å²) in [6.07, 6.45) is 5.90. The van der Waals surface area contributed by atoms with Crippen molar-refractivity contribution in [2.75, 3.05) is 0 Å². The van der Waals surface area contributed by atoms with Crippen LogP contribution >= 0.6 is 0 Å². The molecule has 2 aliphatic rings. The Morgan fingerprint density at radius 1 is 1.50 bits per heavy atom. The topological polar surface area (TPSA) is 43.1 Å². The maximum absolute atomic E-state index is 10.9. The molecule has 2 atom stereocenters. The number of carbonyl (C=O) groups excluding carboxylic acids is 1. The molecule has 0 aromatic heterocycles. The van der Waals surface area contributed by atoms with Gasteiger partial charge in [0.15, 0.2) is 0 Å². The molecule has 0 spiro atoms. The zero-order chi connectivity index (χ0) is 7.19. The smallest absolute Gasteiger partial charge is 0.223 e. The van der Waals surface area contributed by atoms with Gasteiger partial charge in [0, 0.05) is 0 Å². The van der Waals surface area contributed by atoms with E-state index in [1.807, 2.05) is 0 Å². The predicted octanol–water partition coefficient (Wildman–Crippen LogP) is 1.05. The van der Waals surface area contributed by atoms with Gasteiger partial charge in [-0.25, -0.2) is 0 Å². The fourth-order valence-corrected chi connectivity index (χ4v) is 2.32. The van der Waals surface area contributed by atoms with Crippen molar-refractivity contribution in [1.82, 2.24) is 0 Å². The molecule has 0 aliphatic heterocycles. The van der Waals surface area contributed by atoms with Gasteiger partial charge in [0.1, 0.15) is 0 Å². The number of rotatable bonds is 1. The molecule has 2 nitrogen and oxygen atoms in total. The SMILES string of the molecule is NC(=O)[C@@]12CCCC[C@H]1C2. The van der Waals surface area contributed by atoms with Gasteiger partial charge in [-0.2, -0.15) is 0 Å². The molecule has 2 aliphatic carbocycles. The average Bonchev–Trinajstić information content (AvgIpc) is 2.61. The molecular formula is C8H13NO. The van der Waals surface area contributed by atoms with Crippen LogP contribution in [0.15, 0.2) is 0 Å². The maximum Gasteiger partial charge on any atom is 0.223 e. The fraction of sp³-hybridized carbons (Fsp3) is 0.875. The van der Waals surface area contributed by atoms with Gasteiger partial charge in [-0.05, 0) is 25.2 Å². The van der Waals surface area contributed by atoms with Crippen LogP contribution in [0.4, 0.5) is 0 Å². The Morgan fingerprint density at radius 3 is 2.80 bits per heavy atom. The molecule has 0 aromatic carbocycles. The number of fused-ring (bicyclic) bond motifs is 1. The Kier molecular flexibility index (Phi) is 1.08. The lowest BCUT2D eigenvalue weighted by molar-refractivity contribution is -0.124. The quantitative estimate of drug-likeness (QED) is 0.579. The molecule has 2 fully saturated rings. The van der Waals surface area contributed by atoms with Gasteiger partial charge in [0.25, 0.3) is 0 Å². The van der Waals surface area contributed by atoms with E-state index in [2.05, 4.69) is 0 Å². The van der Waals surface area contributed by atoms with Crippen LogP contribution in [0.1, 0.15) is 32.1 Å². The van der Waals surface area contributed by atoms with Gasteiger partial charge >= 0.3 is 0 Å². The summed E-state index contributed by atoms with van der Waals surface area (Å²) < 4.78 is 0. The summed E-state index contributed by atoms with van der Waals surface area (Å²) in [5, 5.41) is 0. The summed E-state index contributed by atoms with van der Waals surface area (Å²) in [4.78, 5) is 10.9. The lowest BCUT2D eigenvalue weighted by Crippen LogP contribution is -2.28. The van der Waals surface area contributed by atoms with E-state index >= 15 is 0 Å². The van der Waals surface area contributed by atoms with E-state index < -0.39 is 0 Å². The maximum atomic E-state index is 10.9. The molecule has 2 heteroatoms. The first kappa shape index (κ1) is 6.20. The molecule has 0 heterocycles. The fourth-order valence-electron chi connectivity index (χ4n) is 2.32. The van der Waals surface area contributed by atoms with Crippen LogP contribution in [0.2, 0.25) is 0 Å². The summed E-state index contributed by atoms with van der Waals surface area (Å²) in [6, 6.07) is 0. The predicted molar refractivity (Wildman–Crippen MR) is 38.2 cm³/mol. The van der Waals surface area contributed by atoms with E-state index in [1.54, 1.807) is 0 Å². The van der Waals surface area contributed by atoms with Crippen molar-refractivity contribution in [3.05, 3.63) is 0 Å². The Balaban J connectivity index is 2.12. The second kappa shape index (κ2) is 1.74. The summed E-state index contributed by atoms with van der Waals surface area (Å²) in [5.41, 5.74) is 5.29. The summed E-state index contributed by atoms with van der Waals surface area (Å²) in [5.74, 6) is 0.621. The van der Waals surface area contributed by atoms with Crippen molar-refractivity contribution < 1.29 is 4.79 Å². The van der Waals surface area contributed by atoms with E-state index in [0.717, 1.165) is 12.8 Å². The van der Waals surface area contributed by atoms with Gasteiger partial charge in [0.05, 0.1) is 5.41 Å². The molecule has 0 unspecified atom stereocenters. The Bertz CT molecular complexity index is 178. The van der Waals surface area contributed by atoms with Crippen molar-refractivity contribution in [3.63, 3.8) is 0 Å². The third-order valence-corrected chi connectivity index (χ3v) is 3.15. The van der Waals surface area contributed by atoms with Gasteiger partial charge in [0.2, 0.25) is 5.91 Å². The third kappa shape index (κ3) is 0.619. The van der Waals surface area contributed by atoms with Crippen LogP contribution in [0.5, 0.6) is 0 Å². The third-order valence-electron chi connectivity index (χ3n) is 3.15. The zero-order valence-electron chi connectivity index (χ0n) is 6.10. The van der Waals surface area contributed by atoms with Crippen LogP contribution in [0.3, 0.4) is 0 Å². The highest BCUT2D eigenvalue weighted by Gasteiger charge is 2.58. The summed E-state index contributed by atoms with van der Waals surface area (Å²) >= 11 is 0. The summed E-state index contributed by atoms with van der Waals surface area (Å²) in [6.45, 7) is 0. The lowest BCUT2D eigenvalue weighted by atomic mass is 9.88. The van der Waals surface area contributed by atoms with Gasteiger partial charge < -0.3 is 5.73 Å². The molecule has 2 saturated carbocycles. The van der Waals surface area contributed by atoms with Crippen LogP contribution < -0.4 is 5.73 Å². The van der Waals surface area contributed by atoms with Gasteiger partial charge in [-0.15, -0.1) is 0 Å². The second-order valence-corrected chi connectivity index (χ2v) is 3.67. The zero-order valence-corrected chi connectivity index (χ0v) is 6.10. The highest BCUT2D eigenvalue weighted by Crippen LogP contribution is 2.60. The van der Waals surface area contributed by atoms with Gasteiger partial charge in [-0.1, -0.05) is 12.8 Å². The largest absolute Gasteiger partial charge is 0.369 e. The van der Waals surface area contributed by atoms with Crippen LogP contribution in [-0.2, 0) is 4.79 Å². The number of amides is 1. The molecule has 0 bridgehead atoms. The number of hydrogen-bond donors (Lipinski definition) is 1. The Hall–Kier alpha value is -0.530. The second-order valence-electron chi connectivity index (χ2n) is 3.67. The molecule has 2 rings (SSSR count). The molecule has 56 valence electrons. The summed E-state index contributed by atoms with van der Waals surface area (Å²) in [7, 11) is 0. The average molecular weight is 139 g/mol. The van der Waals surface area contributed by atoms with Crippen LogP contribution in [0, 0.1) is 11.3 Å². The highest BCUT2D eigenvalue weighted by atomic mass is 16.1. The molecule has 0 radical (unpaired) electrons. The van der Waals surface area contributed by atoms with E-state index in [4.69, 9.17) is 5.73 Å². The molecule has 0 aromatic rings. The normalized spacial score (nSPS) is 44.2. The van der Waals surface area contributed by atoms with Crippen molar-refractivity contribution in [3.8, 4) is 0 Å². The van der Waals surface area contributed by atoms with Crippen LogP contribution in [0.25, 0.3) is 0 Å². The highest BCUT2D eigenvalue weighted by molar-refractivity contribution is 5.84. The monoisotopic (exact) mass is 139 g/mol. The number of hydrogen-bond acceptors (Lipinski definition) is 1. The molecule has 2 N–H and O–H groups in total. The standard InChI is InChI=1S/C8H13NO/c9-7(10)8-4-2-1-3-6(8)5-8/h6H,1-5H2,(H2,9,10)/t6-,8+/m0/s1. The minimum Gasteiger partial charge on any atom is -0.369 e. The van der Waals surface area contributed by atoms with Crippen molar-refractivity contribution in [2.45, 2.75) is 32.1 Å². The molecule has 0 saturated heterocycles. The van der Waals surface area contributed by atoms with E-state index in [0.29, 0.717) is 5.92 Å². The van der Waals surface area contributed by atoms with Crippen LogP contribution in [-0.4, -0.2) is 5.91 Å². The molecule has 1 amide bonds. The van der Waals surface area contributed by atoms with Crippen molar-refractivity contribution in [2.24, 2.45) is 17.1 Å². The Labute approximate surface area is 60.8 Å². The Morgan fingerprint density at radius 2 is 2.30 bits per heavy atom. The van der Waals surface area contributed by atoms with Gasteiger partial charge in [-0.3, -0.25) is 4.79 Å². The van der Waals surface area contributed by atoms with E-state index in [-0.39, 0.29) is 11.3 Å². The first-order valence-electron chi connectivity index (χ1n) is 4.06. The molecule has 10 heavy (non-hydrogen) atoms. The number of carbonyl (C=O) groups is 1. The van der Waals surface area contributed by atoms with Crippen molar-refractivity contribution >= 4 is 5.91 Å². The minimum absolute atomic E-state index is 0.0156. The number of primary amides is 1. The minimum atomic E-state index is -0.0443. The lowest BCUT2D eigenvalue weighted by Gasteiger charge is -2.17. The molecular weight excluding hydrogens is 126 g/mol. The first-order valence-corrected chi connectivity index (χ1v) is 4.06. The van der Waals surface area contributed by atoms with E-state index in [9.17, 15) is 4.79 Å². The first-order chi connectivity index (χ1) is 4.76. The van der Waals surface area contributed by atoms with E-state index in [1.165, 1.54) is 19.3 Å². The number of nitrogens with two attached hydrogens (primary N) is 1.